The van der Waals surface area contributed by atoms with Gasteiger partial charge in [-0.3, -0.25) is 19.1 Å². The van der Waals surface area contributed by atoms with Crippen LogP contribution in [0.5, 0.6) is 5.75 Å². The first-order valence-corrected chi connectivity index (χ1v) is 23.8. The van der Waals surface area contributed by atoms with Crippen molar-refractivity contribution < 1.29 is 24.6 Å². The van der Waals surface area contributed by atoms with Crippen molar-refractivity contribution in [2.24, 2.45) is 22.7 Å². The Morgan fingerprint density at radius 2 is 1.71 bits per heavy atom. The van der Waals surface area contributed by atoms with Gasteiger partial charge in [0.05, 0.1) is 40.1 Å². The third-order valence-corrected chi connectivity index (χ3v) is 15.2. The molecule has 15 nitrogen and oxygen atoms in total. The lowest BCUT2D eigenvalue weighted by molar-refractivity contribution is -0.149. The zero-order valence-corrected chi connectivity index (χ0v) is 38.4. The van der Waals surface area contributed by atoms with Crippen LogP contribution in [0.3, 0.4) is 0 Å². The molecule has 0 bridgehead atoms. The first-order chi connectivity index (χ1) is 31.1. The Hall–Kier alpha value is -5.71. The molecule has 3 amide bonds. The molecule has 5 heterocycles. The van der Waals surface area contributed by atoms with Crippen LogP contribution in [0.25, 0.3) is 32.8 Å². The minimum atomic E-state index is -0.839. The third-order valence-electron chi connectivity index (χ3n) is 14.2. The highest BCUT2D eigenvalue weighted by atomic mass is 32.1. The topological polar surface area (TPSA) is 205 Å². The second-order valence-corrected chi connectivity index (χ2v) is 20.9. The van der Waals surface area contributed by atoms with Crippen molar-refractivity contribution in [3.63, 3.8) is 0 Å². The van der Waals surface area contributed by atoms with Gasteiger partial charge >= 0.3 is 0 Å². The molecule has 2 aromatic carbocycles. The van der Waals surface area contributed by atoms with Gasteiger partial charge in [-0.2, -0.15) is 5.10 Å². The summed E-state index contributed by atoms with van der Waals surface area (Å²) in [5, 5.41) is 40.2. The molecule has 2 aliphatic carbocycles. The lowest BCUT2D eigenvalue weighted by atomic mass is 9.48. The predicted octanol–water partition coefficient (Wildman–Crippen LogP) is 5.98. The van der Waals surface area contributed by atoms with Crippen LogP contribution in [-0.4, -0.2) is 107 Å². The van der Waals surface area contributed by atoms with E-state index in [-0.39, 0.29) is 53.8 Å². The number of anilines is 1. The zero-order chi connectivity index (χ0) is 45.6. The van der Waals surface area contributed by atoms with Crippen LogP contribution < -0.4 is 16.4 Å². The summed E-state index contributed by atoms with van der Waals surface area (Å²) in [6, 6.07) is 15.5. The summed E-state index contributed by atoms with van der Waals surface area (Å²) in [7, 11) is 0. The van der Waals surface area contributed by atoms with Gasteiger partial charge in [0.15, 0.2) is 5.82 Å². The number of aromatic nitrogens is 5. The molecule has 5 aromatic rings. The number of hydrogen-bond donors (Lipinski definition) is 5. The van der Waals surface area contributed by atoms with Crippen LogP contribution in [-0.2, 0) is 20.9 Å². The Morgan fingerprint density at radius 1 is 0.969 bits per heavy atom. The van der Waals surface area contributed by atoms with Gasteiger partial charge in [0.1, 0.15) is 17.8 Å². The lowest BCUT2D eigenvalue weighted by Crippen LogP contribution is -2.60. The number of nitrogens with two attached hydrogens (primary N) is 1. The summed E-state index contributed by atoms with van der Waals surface area (Å²) in [4.78, 5) is 51.0. The highest BCUT2D eigenvalue weighted by molar-refractivity contribution is 7.13. The molecule has 16 heteroatoms. The minimum absolute atomic E-state index is 0.0431. The molecular weight excluding hydrogens is 841 g/mol. The molecule has 4 aliphatic rings. The molecule has 9 rings (SSSR count). The number of aromatic hydroxyl groups is 1. The number of para-hydroxylation sites is 1. The first-order valence-electron chi connectivity index (χ1n) is 22.9. The normalized spacial score (nSPS) is 24.0. The smallest absolute Gasteiger partial charge is 0.246 e. The van der Waals surface area contributed by atoms with Crippen molar-refractivity contribution in [2.45, 2.75) is 103 Å². The Balaban J connectivity index is 0.726. The first kappa shape index (κ1) is 44.5. The maximum Gasteiger partial charge on any atom is 0.246 e. The number of nitrogen functional groups attached to an aromatic ring is 1. The number of phenolic OH excluding ortho intramolecular Hbond substituents is 1. The maximum absolute atomic E-state index is 14.2. The van der Waals surface area contributed by atoms with Gasteiger partial charge in [-0.15, -0.1) is 21.5 Å². The summed E-state index contributed by atoms with van der Waals surface area (Å²) < 4.78 is 2.04. The molecule has 1 spiro atoms. The number of carbonyl (C=O) groups excluding carboxylic acids is 3. The van der Waals surface area contributed by atoms with E-state index in [0.717, 1.165) is 91.0 Å². The van der Waals surface area contributed by atoms with E-state index in [1.54, 1.807) is 29.5 Å². The van der Waals surface area contributed by atoms with Crippen LogP contribution >= 0.6 is 11.3 Å². The van der Waals surface area contributed by atoms with Crippen molar-refractivity contribution in [3.8, 4) is 38.6 Å². The van der Waals surface area contributed by atoms with Crippen molar-refractivity contribution >= 4 is 34.9 Å². The van der Waals surface area contributed by atoms with E-state index in [1.165, 1.54) is 4.90 Å². The molecular formula is C49H60N10O5S. The van der Waals surface area contributed by atoms with Gasteiger partial charge in [-0.05, 0) is 91.5 Å². The molecule has 65 heavy (non-hydrogen) atoms. The summed E-state index contributed by atoms with van der Waals surface area (Å²) in [6.07, 6.45) is 9.04. The Kier molecular flexibility index (Phi) is 12.3. The summed E-state index contributed by atoms with van der Waals surface area (Å²) >= 11 is 1.59. The number of thiazole rings is 1. The second kappa shape index (κ2) is 17.9. The lowest BCUT2D eigenvalue weighted by Gasteiger charge is -2.58. The Morgan fingerprint density at radius 3 is 2.40 bits per heavy atom. The Labute approximate surface area is 383 Å². The number of aryl methyl sites for hydroxylation is 1. The number of piperidine rings is 1. The van der Waals surface area contributed by atoms with Crippen molar-refractivity contribution in [3.05, 3.63) is 83.8 Å². The zero-order valence-electron chi connectivity index (χ0n) is 37.6. The van der Waals surface area contributed by atoms with Gasteiger partial charge in [-0.25, -0.2) is 4.98 Å². The average molecular weight is 901 g/mol. The summed E-state index contributed by atoms with van der Waals surface area (Å²) in [5.41, 5.74) is 13.4. The molecule has 0 radical (unpaired) electrons. The van der Waals surface area contributed by atoms with Crippen LogP contribution in [0.4, 0.5) is 5.82 Å². The number of aliphatic hydroxyl groups is 1. The van der Waals surface area contributed by atoms with Crippen molar-refractivity contribution in [2.75, 3.05) is 31.9 Å². The maximum atomic E-state index is 14.2. The fourth-order valence-electron chi connectivity index (χ4n) is 10.7. The van der Waals surface area contributed by atoms with Crippen LogP contribution in [0.2, 0.25) is 0 Å². The number of carbonyl (C=O) groups is 3. The monoisotopic (exact) mass is 900 g/mol. The van der Waals surface area contributed by atoms with E-state index in [1.807, 2.05) is 86.7 Å². The SMILES string of the molecule is Cc1ncsc1-c1ccc(CNC(=O)[C@@H]2C[C@@H](O)CN2C(=O)[C@@H](NC(=O)C2CC3(CC(CN4CCC(n5cc(-c6cc(-c7ccccc7O)nnc6N)cn5)CC4)C3)C2)C(C)(C)C)cc1. The largest absolute Gasteiger partial charge is 0.507 e. The van der Waals surface area contributed by atoms with E-state index < -0.39 is 23.6 Å². The molecule has 0 unspecified atom stereocenters. The van der Waals surface area contributed by atoms with Gasteiger partial charge in [0, 0.05) is 67.9 Å². The van der Waals surface area contributed by atoms with Gasteiger partial charge < -0.3 is 36.4 Å². The number of nitrogens with zero attached hydrogens (tertiary/aromatic N) is 7. The predicted molar refractivity (Wildman–Crippen MR) is 249 cm³/mol. The van der Waals surface area contributed by atoms with Gasteiger partial charge in [-0.1, -0.05) is 57.2 Å². The summed E-state index contributed by atoms with van der Waals surface area (Å²) in [6.45, 7) is 11.1. The number of amides is 3. The minimum Gasteiger partial charge on any atom is -0.507 e. The van der Waals surface area contributed by atoms with Crippen molar-refractivity contribution in [1.82, 2.24) is 45.4 Å². The third kappa shape index (κ3) is 9.38. The second-order valence-electron chi connectivity index (χ2n) is 20.1. The highest BCUT2D eigenvalue weighted by Gasteiger charge is 2.55. The summed E-state index contributed by atoms with van der Waals surface area (Å²) in [5.74, 6) is 0.145. The molecule has 2 aliphatic heterocycles. The van der Waals surface area contributed by atoms with Gasteiger partial charge in [0.25, 0.3) is 0 Å². The molecule has 6 N–H and O–H groups in total. The van der Waals surface area contributed by atoms with Crippen LogP contribution in [0, 0.1) is 29.6 Å². The number of hydrogen-bond acceptors (Lipinski definition) is 12. The number of benzene rings is 2. The number of nitrogens with one attached hydrogen (secondary N) is 2. The van der Waals surface area contributed by atoms with Gasteiger partial charge in [0.2, 0.25) is 17.7 Å². The number of likely N-dealkylation sites (tertiary alicyclic amines) is 2. The highest BCUT2D eigenvalue weighted by Crippen LogP contribution is 2.61. The Bertz CT molecular complexity index is 2530. The standard InChI is InChI=1S/C49H60N10O5S/c1-29-42(65-28-52-29)32-11-9-30(10-12-32)23-51-46(63)40-17-36(60)27-58(40)47(64)43(48(2,3)4)54-45(62)33-21-49(22-33)19-31(20-49)25-57-15-13-35(14-16-57)59-26-34(24-53-59)38-18-39(55-56-44(38)50)37-7-5-6-8-41(37)61/h5-12,18,24,26,28,31,33,35-36,40,43,60-61H,13-17,19-23,25,27H2,1-4H3,(H2,50,56)(H,51,63)(H,54,62)/t31?,33?,36-,40+,43-,49?/m1/s1. The fraction of sp³-hybridized carbons (Fsp3) is 0.490. The molecule has 3 aromatic heterocycles. The fourth-order valence-corrected chi connectivity index (χ4v) is 11.5. The van der Waals surface area contributed by atoms with Crippen LogP contribution in [0.15, 0.2) is 72.5 Å². The number of rotatable bonds is 12. The molecule has 2 saturated carbocycles. The van der Waals surface area contributed by atoms with E-state index in [2.05, 4.69) is 30.7 Å². The molecule has 2 saturated heterocycles. The van der Waals surface area contributed by atoms with E-state index in [9.17, 15) is 24.6 Å². The number of β-amino-alcohol motifs (C(OH)–C–C–N with tert-alkyl or cyclic N) is 1. The quantitative estimate of drug-likeness (QED) is 0.0986. The number of phenols is 1. The number of aliphatic hydroxyl groups excluding tert-OH is 1. The van der Waals surface area contributed by atoms with E-state index in [0.29, 0.717) is 29.5 Å². The van der Waals surface area contributed by atoms with Crippen molar-refractivity contribution in [1.29, 1.82) is 0 Å². The van der Waals surface area contributed by atoms with E-state index in [4.69, 9.17) is 10.8 Å². The van der Waals surface area contributed by atoms with Crippen LogP contribution in [0.1, 0.15) is 83.0 Å². The average Bonchev–Trinajstić information content (AvgIpc) is 4.03. The molecule has 4 fully saturated rings. The van der Waals surface area contributed by atoms with E-state index >= 15 is 0 Å². The molecule has 3 atom stereocenters. The molecule has 342 valence electrons.